The molecule has 0 saturated heterocycles. The van der Waals surface area contributed by atoms with Crippen LogP contribution in [-0.4, -0.2) is 42.2 Å². The van der Waals surface area contributed by atoms with Crippen LogP contribution in [0.15, 0.2) is 48.5 Å². The summed E-state index contributed by atoms with van der Waals surface area (Å²) in [5.74, 6) is 1.46. The third-order valence-corrected chi connectivity index (χ3v) is 6.48. The van der Waals surface area contributed by atoms with Crippen molar-refractivity contribution in [3.05, 3.63) is 64.7 Å². The quantitative estimate of drug-likeness (QED) is 0.398. The number of hydrogen-bond donors (Lipinski definition) is 1. The molecule has 0 aliphatic rings. The average Bonchev–Trinajstić information content (AvgIpc) is 2.80. The van der Waals surface area contributed by atoms with E-state index in [0.29, 0.717) is 30.3 Å². The van der Waals surface area contributed by atoms with Gasteiger partial charge in [-0.1, -0.05) is 62.2 Å². The van der Waals surface area contributed by atoms with Crippen molar-refractivity contribution in [1.82, 2.24) is 10.2 Å². The number of nitrogens with zero attached hydrogens (tertiary/aromatic N) is 1. The highest BCUT2D eigenvalue weighted by molar-refractivity contribution is 7.99. The minimum absolute atomic E-state index is 0.0673. The molecule has 32 heavy (non-hydrogen) atoms. The molecule has 0 heterocycles. The van der Waals surface area contributed by atoms with Crippen molar-refractivity contribution in [1.29, 1.82) is 0 Å². The average molecular weight is 477 g/mol. The minimum atomic E-state index is -0.522. The van der Waals surface area contributed by atoms with Gasteiger partial charge in [0.15, 0.2) is 0 Å². The molecule has 0 aromatic heterocycles. The lowest BCUT2D eigenvalue weighted by molar-refractivity contribution is -0.139. The third kappa shape index (κ3) is 8.06. The van der Waals surface area contributed by atoms with Gasteiger partial charge in [0.2, 0.25) is 11.8 Å². The van der Waals surface area contributed by atoms with E-state index in [1.54, 1.807) is 12.0 Å². The van der Waals surface area contributed by atoms with E-state index < -0.39 is 6.04 Å². The summed E-state index contributed by atoms with van der Waals surface area (Å²) in [7, 11) is 1.61. The van der Waals surface area contributed by atoms with E-state index in [-0.39, 0.29) is 17.6 Å². The number of unbranched alkanes of at least 4 members (excludes halogenated alkanes) is 1. The summed E-state index contributed by atoms with van der Waals surface area (Å²) in [5, 5.41) is 3.68. The van der Waals surface area contributed by atoms with Crippen LogP contribution in [0.1, 0.15) is 44.2 Å². The molecule has 0 fully saturated rings. The highest BCUT2D eigenvalue weighted by atomic mass is 35.5. The van der Waals surface area contributed by atoms with Crippen molar-refractivity contribution < 1.29 is 14.3 Å². The molecule has 0 spiro atoms. The standard InChI is InChI=1S/C25H33ClN2O3S/c1-4-6-14-27-25(30)23(5-2)28(16-19-10-9-12-21(15-19)31-3)24(29)18-32-17-20-11-7-8-13-22(20)26/h7-13,15,23H,4-6,14,16-18H2,1-3H3,(H,27,30)/t23-/m0/s1. The Hall–Kier alpha value is -2.18. The predicted octanol–water partition coefficient (Wildman–Crippen LogP) is 5.31. The zero-order valence-electron chi connectivity index (χ0n) is 19.1. The summed E-state index contributed by atoms with van der Waals surface area (Å²) in [6.45, 7) is 4.99. The van der Waals surface area contributed by atoms with Gasteiger partial charge < -0.3 is 15.0 Å². The lowest BCUT2D eigenvalue weighted by Gasteiger charge is -2.30. The van der Waals surface area contributed by atoms with Crippen LogP contribution in [0.25, 0.3) is 0 Å². The molecular formula is C25H33ClN2O3S. The van der Waals surface area contributed by atoms with Gasteiger partial charge in [0.05, 0.1) is 12.9 Å². The van der Waals surface area contributed by atoms with Crippen molar-refractivity contribution >= 4 is 35.2 Å². The number of carbonyl (C=O) groups excluding carboxylic acids is 2. The highest BCUT2D eigenvalue weighted by Crippen LogP contribution is 2.22. The van der Waals surface area contributed by atoms with Crippen molar-refractivity contribution in [3.63, 3.8) is 0 Å². The Morgan fingerprint density at radius 3 is 2.62 bits per heavy atom. The van der Waals surface area contributed by atoms with E-state index in [0.717, 1.165) is 29.7 Å². The van der Waals surface area contributed by atoms with E-state index in [4.69, 9.17) is 16.3 Å². The molecule has 2 amide bonds. The van der Waals surface area contributed by atoms with Crippen LogP contribution in [-0.2, 0) is 21.9 Å². The summed E-state index contributed by atoms with van der Waals surface area (Å²) >= 11 is 7.74. The molecule has 0 bridgehead atoms. The molecule has 7 heteroatoms. The van der Waals surface area contributed by atoms with Crippen LogP contribution in [0.5, 0.6) is 5.75 Å². The normalized spacial score (nSPS) is 11.6. The number of ether oxygens (including phenoxy) is 1. The number of amides is 2. The first-order chi connectivity index (χ1) is 15.5. The Balaban J connectivity index is 2.14. The molecule has 1 N–H and O–H groups in total. The van der Waals surface area contributed by atoms with Crippen LogP contribution in [0.2, 0.25) is 5.02 Å². The first-order valence-electron chi connectivity index (χ1n) is 11.0. The second-order valence-corrected chi connectivity index (χ2v) is 8.92. The number of thioether (sulfide) groups is 1. The Morgan fingerprint density at radius 1 is 1.16 bits per heavy atom. The van der Waals surface area contributed by atoms with Gasteiger partial charge in [0.25, 0.3) is 0 Å². The first kappa shape index (κ1) is 26.1. The SMILES string of the molecule is CCCCNC(=O)[C@H](CC)N(Cc1cccc(OC)c1)C(=O)CSCc1ccccc1Cl. The smallest absolute Gasteiger partial charge is 0.242 e. The number of carbonyl (C=O) groups is 2. The molecule has 1 atom stereocenters. The van der Waals surface area contributed by atoms with Crippen LogP contribution in [0.3, 0.4) is 0 Å². The minimum Gasteiger partial charge on any atom is -0.497 e. The van der Waals surface area contributed by atoms with E-state index in [1.165, 1.54) is 11.8 Å². The Labute approximate surface area is 200 Å². The number of benzene rings is 2. The van der Waals surface area contributed by atoms with Crippen LogP contribution < -0.4 is 10.1 Å². The fourth-order valence-corrected chi connectivity index (χ4v) is 4.54. The lowest BCUT2D eigenvalue weighted by atomic mass is 10.1. The maximum absolute atomic E-state index is 13.3. The van der Waals surface area contributed by atoms with Gasteiger partial charge in [0, 0.05) is 23.9 Å². The molecular weight excluding hydrogens is 444 g/mol. The summed E-state index contributed by atoms with van der Waals surface area (Å²) in [5.41, 5.74) is 1.92. The van der Waals surface area contributed by atoms with E-state index in [9.17, 15) is 9.59 Å². The summed E-state index contributed by atoms with van der Waals surface area (Å²) in [4.78, 5) is 27.9. The number of methoxy groups -OCH3 is 1. The van der Waals surface area contributed by atoms with Crippen LogP contribution in [0, 0.1) is 0 Å². The Morgan fingerprint density at radius 2 is 1.94 bits per heavy atom. The second kappa shape index (κ2) is 14.1. The number of hydrogen-bond acceptors (Lipinski definition) is 4. The summed E-state index contributed by atoms with van der Waals surface area (Å²) in [6, 6.07) is 14.7. The highest BCUT2D eigenvalue weighted by Gasteiger charge is 2.28. The van der Waals surface area contributed by atoms with Gasteiger partial charge in [-0.05, 0) is 42.2 Å². The molecule has 0 saturated carbocycles. The van der Waals surface area contributed by atoms with Crippen LogP contribution in [0.4, 0.5) is 0 Å². The van der Waals surface area contributed by atoms with Gasteiger partial charge in [-0.25, -0.2) is 0 Å². The molecule has 2 aromatic rings. The number of rotatable bonds is 13. The van der Waals surface area contributed by atoms with Gasteiger partial charge in [0.1, 0.15) is 11.8 Å². The van der Waals surface area contributed by atoms with E-state index in [2.05, 4.69) is 12.2 Å². The van der Waals surface area contributed by atoms with Crippen molar-refractivity contribution in [2.45, 2.75) is 51.4 Å². The zero-order valence-corrected chi connectivity index (χ0v) is 20.7. The van der Waals surface area contributed by atoms with Crippen LogP contribution >= 0.6 is 23.4 Å². The molecule has 0 radical (unpaired) electrons. The zero-order chi connectivity index (χ0) is 23.3. The van der Waals surface area contributed by atoms with Crippen molar-refractivity contribution in [3.8, 4) is 5.75 Å². The number of nitrogens with one attached hydrogen (secondary N) is 1. The topological polar surface area (TPSA) is 58.6 Å². The Bertz CT molecular complexity index is 878. The molecule has 0 aliphatic carbocycles. The van der Waals surface area contributed by atoms with Gasteiger partial charge in [-0.15, -0.1) is 11.8 Å². The summed E-state index contributed by atoms with van der Waals surface area (Å²) < 4.78 is 5.32. The van der Waals surface area contributed by atoms with E-state index >= 15 is 0 Å². The lowest BCUT2D eigenvalue weighted by Crippen LogP contribution is -2.49. The van der Waals surface area contributed by atoms with Crippen molar-refractivity contribution in [2.75, 3.05) is 19.4 Å². The fraction of sp³-hybridized carbons (Fsp3) is 0.440. The predicted molar refractivity (Wildman–Crippen MR) is 133 cm³/mol. The number of halogens is 1. The fourth-order valence-electron chi connectivity index (χ4n) is 3.34. The third-order valence-electron chi connectivity index (χ3n) is 5.14. The van der Waals surface area contributed by atoms with Crippen molar-refractivity contribution in [2.24, 2.45) is 0 Å². The van der Waals surface area contributed by atoms with E-state index in [1.807, 2.05) is 55.5 Å². The summed E-state index contributed by atoms with van der Waals surface area (Å²) in [6.07, 6.45) is 2.46. The molecule has 2 aromatic carbocycles. The Kier molecular flexibility index (Phi) is 11.5. The van der Waals surface area contributed by atoms with Gasteiger partial charge in [-0.2, -0.15) is 0 Å². The van der Waals surface area contributed by atoms with Gasteiger partial charge >= 0.3 is 0 Å². The second-order valence-electron chi connectivity index (χ2n) is 7.53. The first-order valence-corrected chi connectivity index (χ1v) is 12.5. The molecule has 5 nitrogen and oxygen atoms in total. The monoisotopic (exact) mass is 476 g/mol. The molecule has 0 unspecified atom stereocenters. The maximum atomic E-state index is 13.3. The molecule has 0 aliphatic heterocycles. The van der Waals surface area contributed by atoms with Gasteiger partial charge in [-0.3, -0.25) is 9.59 Å². The molecule has 2 rings (SSSR count). The largest absolute Gasteiger partial charge is 0.497 e. The molecule has 174 valence electrons. The maximum Gasteiger partial charge on any atom is 0.242 e.